The van der Waals surface area contributed by atoms with Crippen molar-refractivity contribution in [1.29, 1.82) is 0 Å². The molecule has 4 nitrogen and oxygen atoms in total. The Labute approximate surface area is 86.2 Å². The van der Waals surface area contributed by atoms with E-state index >= 15 is 0 Å². The van der Waals surface area contributed by atoms with E-state index in [0.29, 0.717) is 11.7 Å². The van der Waals surface area contributed by atoms with Gasteiger partial charge in [0, 0.05) is 12.4 Å². The first kappa shape index (κ1) is 11.1. The lowest BCUT2D eigenvalue weighted by atomic mass is 10.5. The van der Waals surface area contributed by atoms with Gasteiger partial charge in [-0.15, -0.1) is 0 Å². The average Bonchev–Trinajstić information content (AvgIpc) is 2.53. The monoisotopic (exact) mass is 216 g/mol. The van der Waals surface area contributed by atoms with Gasteiger partial charge < -0.3 is 14.3 Å². The molecule has 1 aromatic heterocycles. The van der Waals surface area contributed by atoms with Gasteiger partial charge in [0.05, 0.1) is 6.61 Å². The highest BCUT2D eigenvalue weighted by molar-refractivity contribution is 7.99. The fourth-order valence-electron chi connectivity index (χ4n) is 0.965. The third kappa shape index (κ3) is 3.08. The van der Waals surface area contributed by atoms with E-state index in [9.17, 15) is 4.79 Å². The van der Waals surface area contributed by atoms with Crippen molar-refractivity contribution in [2.75, 3.05) is 13.7 Å². The van der Waals surface area contributed by atoms with Crippen LogP contribution in [0.3, 0.4) is 0 Å². The van der Waals surface area contributed by atoms with Crippen LogP contribution >= 0.6 is 11.8 Å². The van der Waals surface area contributed by atoms with E-state index in [1.165, 1.54) is 17.8 Å². The van der Waals surface area contributed by atoms with Crippen LogP contribution < -0.4 is 0 Å². The maximum atomic E-state index is 10.5. The molecule has 0 spiro atoms. The Hall–Kier alpha value is -0.940. The van der Waals surface area contributed by atoms with Gasteiger partial charge in [0.1, 0.15) is 0 Å². The number of methoxy groups -OCH3 is 1. The van der Waals surface area contributed by atoms with Crippen molar-refractivity contribution in [2.45, 2.75) is 17.3 Å². The molecule has 0 aromatic carbocycles. The summed E-state index contributed by atoms with van der Waals surface area (Å²) in [7, 11) is 1.63. The Morgan fingerprint density at radius 1 is 1.71 bits per heavy atom. The molecule has 1 N–H and O–H groups in total. The molecule has 0 fully saturated rings. The number of hydrogen-bond acceptors (Lipinski definition) is 4. The molecule has 78 valence electrons. The summed E-state index contributed by atoms with van der Waals surface area (Å²) >= 11 is 1.45. The highest BCUT2D eigenvalue weighted by Crippen LogP contribution is 2.25. The van der Waals surface area contributed by atoms with E-state index in [0.717, 1.165) is 0 Å². The summed E-state index contributed by atoms with van der Waals surface area (Å²) in [5.41, 5.74) is 0. The molecule has 0 amide bonds. The second kappa shape index (κ2) is 5.07. The first-order chi connectivity index (χ1) is 6.63. The third-order valence-electron chi connectivity index (χ3n) is 1.51. The smallest absolute Gasteiger partial charge is 0.371 e. The standard InChI is InChI=1S/C9H12O4S/c1-6(5-12-2)14-8-4-3-7(13-8)9(10)11/h3-4,6H,5H2,1-2H3,(H,10,11). The summed E-state index contributed by atoms with van der Waals surface area (Å²) < 4.78 is 10.0. The molecule has 0 saturated heterocycles. The molecule has 14 heavy (non-hydrogen) atoms. The fourth-order valence-corrected chi connectivity index (χ4v) is 1.85. The lowest BCUT2D eigenvalue weighted by molar-refractivity contribution is 0.0656. The van der Waals surface area contributed by atoms with Crippen LogP contribution in [0, 0.1) is 0 Å². The van der Waals surface area contributed by atoms with Crippen molar-refractivity contribution >= 4 is 17.7 Å². The Bertz CT molecular complexity index is 308. The van der Waals surface area contributed by atoms with Crippen LogP contribution in [-0.4, -0.2) is 30.0 Å². The van der Waals surface area contributed by atoms with E-state index in [1.54, 1.807) is 13.2 Å². The zero-order valence-electron chi connectivity index (χ0n) is 8.02. The van der Waals surface area contributed by atoms with Crippen molar-refractivity contribution < 1.29 is 19.1 Å². The first-order valence-electron chi connectivity index (χ1n) is 4.12. The van der Waals surface area contributed by atoms with Gasteiger partial charge in [-0.25, -0.2) is 4.79 Å². The second-order valence-electron chi connectivity index (χ2n) is 2.81. The number of carboxylic acid groups (broad SMARTS) is 1. The van der Waals surface area contributed by atoms with E-state index < -0.39 is 5.97 Å². The minimum absolute atomic E-state index is 0.0304. The van der Waals surface area contributed by atoms with Gasteiger partial charge in [0.2, 0.25) is 5.76 Å². The van der Waals surface area contributed by atoms with E-state index in [2.05, 4.69) is 0 Å². The maximum Gasteiger partial charge on any atom is 0.371 e. The number of ether oxygens (including phenoxy) is 1. The summed E-state index contributed by atoms with van der Waals surface area (Å²) in [5, 5.41) is 9.45. The summed E-state index contributed by atoms with van der Waals surface area (Å²) in [4.78, 5) is 10.5. The molecular weight excluding hydrogens is 204 g/mol. The predicted octanol–water partition coefficient (Wildman–Crippen LogP) is 2.10. The van der Waals surface area contributed by atoms with Crippen molar-refractivity contribution in [2.24, 2.45) is 0 Å². The number of carbonyl (C=O) groups is 1. The van der Waals surface area contributed by atoms with Crippen molar-refractivity contribution in [3.63, 3.8) is 0 Å². The van der Waals surface area contributed by atoms with E-state index in [4.69, 9.17) is 14.3 Å². The molecular formula is C9H12O4S. The summed E-state index contributed by atoms with van der Waals surface area (Å²) in [6, 6.07) is 3.10. The number of aromatic carboxylic acids is 1. The van der Waals surface area contributed by atoms with Crippen LogP contribution in [0.4, 0.5) is 0 Å². The number of hydrogen-bond donors (Lipinski definition) is 1. The molecule has 5 heteroatoms. The van der Waals surface area contributed by atoms with Crippen LogP contribution in [0.1, 0.15) is 17.5 Å². The molecule has 0 saturated carbocycles. The first-order valence-corrected chi connectivity index (χ1v) is 5.00. The largest absolute Gasteiger partial charge is 0.475 e. The SMILES string of the molecule is COCC(C)Sc1ccc(C(=O)O)o1. The van der Waals surface area contributed by atoms with Gasteiger partial charge >= 0.3 is 5.97 Å². The Kier molecular flexibility index (Phi) is 4.03. The molecule has 1 atom stereocenters. The van der Waals surface area contributed by atoms with Gasteiger partial charge in [-0.2, -0.15) is 0 Å². The predicted molar refractivity (Wildman–Crippen MR) is 52.9 cm³/mol. The molecule has 0 aliphatic carbocycles. The quantitative estimate of drug-likeness (QED) is 0.764. The minimum Gasteiger partial charge on any atom is -0.475 e. The number of thioether (sulfide) groups is 1. The van der Waals surface area contributed by atoms with E-state index in [-0.39, 0.29) is 11.0 Å². The van der Waals surface area contributed by atoms with Crippen molar-refractivity contribution in [3.8, 4) is 0 Å². The zero-order chi connectivity index (χ0) is 10.6. The van der Waals surface area contributed by atoms with Gasteiger partial charge in [0.15, 0.2) is 5.09 Å². The van der Waals surface area contributed by atoms with Crippen LogP contribution in [0.15, 0.2) is 21.6 Å². The fraction of sp³-hybridized carbons (Fsp3) is 0.444. The zero-order valence-corrected chi connectivity index (χ0v) is 8.84. The highest BCUT2D eigenvalue weighted by Gasteiger charge is 2.11. The summed E-state index contributed by atoms with van der Waals surface area (Å²) in [5.74, 6) is -1.08. The molecule has 1 heterocycles. The summed E-state index contributed by atoms with van der Waals surface area (Å²) in [6.45, 7) is 2.59. The summed E-state index contributed by atoms with van der Waals surface area (Å²) in [6.07, 6.45) is 0. The molecule has 1 aromatic rings. The van der Waals surface area contributed by atoms with E-state index in [1.807, 2.05) is 6.92 Å². The maximum absolute atomic E-state index is 10.5. The average molecular weight is 216 g/mol. The van der Waals surface area contributed by atoms with Crippen LogP contribution in [-0.2, 0) is 4.74 Å². The Balaban J connectivity index is 2.55. The van der Waals surface area contributed by atoms with Crippen molar-refractivity contribution in [3.05, 3.63) is 17.9 Å². The molecule has 0 bridgehead atoms. The van der Waals surface area contributed by atoms with Gasteiger partial charge in [-0.1, -0.05) is 18.7 Å². The highest BCUT2D eigenvalue weighted by atomic mass is 32.2. The molecule has 1 rings (SSSR count). The number of carboxylic acids is 1. The molecule has 0 aliphatic rings. The third-order valence-corrected chi connectivity index (χ3v) is 2.50. The number of furan rings is 1. The Morgan fingerprint density at radius 2 is 2.43 bits per heavy atom. The van der Waals surface area contributed by atoms with Crippen LogP contribution in [0.2, 0.25) is 0 Å². The molecule has 0 radical (unpaired) electrons. The molecule has 1 unspecified atom stereocenters. The topological polar surface area (TPSA) is 59.7 Å². The second-order valence-corrected chi connectivity index (χ2v) is 4.25. The van der Waals surface area contributed by atoms with Crippen molar-refractivity contribution in [1.82, 2.24) is 0 Å². The minimum atomic E-state index is -1.05. The van der Waals surface area contributed by atoms with Crippen LogP contribution in [0.25, 0.3) is 0 Å². The van der Waals surface area contributed by atoms with Gasteiger partial charge in [-0.05, 0) is 12.1 Å². The normalized spacial score (nSPS) is 12.7. The van der Waals surface area contributed by atoms with Gasteiger partial charge in [0.25, 0.3) is 0 Å². The number of rotatable bonds is 5. The molecule has 0 aliphatic heterocycles. The lowest BCUT2D eigenvalue weighted by Gasteiger charge is -2.06. The van der Waals surface area contributed by atoms with Gasteiger partial charge in [-0.3, -0.25) is 0 Å². The lowest BCUT2D eigenvalue weighted by Crippen LogP contribution is -2.04. The Morgan fingerprint density at radius 3 is 2.93 bits per heavy atom. The van der Waals surface area contributed by atoms with Crippen LogP contribution in [0.5, 0.6) is 0 Å².